The standard InChI is InChI=1S/C24H27FN6O4S/c1-2-19(36(27,32)33)16-5-3-6-17(20(16)25)21-22(35-23(31-21)15-8-13-34-14-9-15)18-7-12-29-24(30-18)28-11-4-10-26/h3,5-7,12,15,19H,2,4,8-9,11,13-14H2,1H3,(H2,27,32,33)(H,28,29,30). The van der Waals surface area contributed by atoms with Crippen molar-refractivity contribution in [1.82, 2.24) is 15.0 Å². The second-order valence-electron chi connectivity index (χ2n) is 8.41. The van der Waals surface area contributed by atoms with Gasteiger partial charge in [0.05, 0.1) is 12.5 Å². The van der Waals surface area contributed by atoms with Gasteiger partial charge in [0.2, 0.25) is 16.0 Å². The van der Waals surface area contributed by atoms with Gasteiger partial charge in [0.1, 0.15) is 22.5 Å². The Hall–Kier alpha value is -3.40. The summed E-state index contributed by atoms with van der Waals surface area (Å²) in [6.45, 7) is 3.12. The minimum atomic E-state index is -4.03. The molecule has 1 aliphatic heterocycles. The highest BCUT2D eigenvalue weighted by Gasteiger charge is 2.30. The third kappa shape index (κ3) is 5.53. The van der Waals surface area contributed by atoms with Crippen molar-refractivity contribution in [3.05, 3.63) is 47.7 Å². The number of benzene rings is 1. The van der Waals surface area contributed by atoms with E-state index in [1.165, 1.54) is 18.3 Å². The van der Waals surface area contributed by atoms with Gasteiger partial charge in [-0.25, -0.2) is 32.9 Å². The van der Waals surface area contributed by atoms with Crippen molar-refractivity contribution in [1.29, 1.82) is 5.26 Å². The monoisotopic (exact) mass is 514 g/mol. The van der Waals surface area contributed by atoms with Crippen LogP contribution in [0.2, 0.25) is 0 Å². The van der Waals surface area contributed by atoms with E-state index in [4.69, 9.17) is 19.6 Å². The number of rotatable bonds is 9. The van der Waals surface area contributed by atoms with Crippen LogP contribution < -0.4 is 10.5 Å². The van der Waals surface area contributed by atoms with Crippen LogP contribution >= 0.6 is 0 Å². The average Bonchev–Trinajstić information content (AvgIpc) is 3.31. The van der Waals surface area contributed by atoms with Crippen molar-refractivity contribution in [2.45, 2.75) is 43.8 Å². The molecule has 10 nitrogen and oxygen atoms in total. The van der Waals surface area contributed by atoms with Crippen LogP contribution in [0.3, 0.4) is 0 Å². The topological polar surface area (TPSA) is 157 Å². The minimum absolute atomic E-state index is 0.0136. The third-order valence-corrected chi connectivity index (χ3v) is 7.40. The Morgan fingerprint density at radius 2 is 2.06 bits per heavy atom. The van der Waals surface area contributed by atoms with Gasteiger partial charge < -0.3 is 14.5 Å². The number of halogens is 1. The summed E-state index contributed by atoms with van der Waals surface area (Å²) in [5, 5.41) is 15.9. The van der Waals surface area contributed by atoms with Gasteiger partial charge in [-0.15, -0.1) is 0 Å². The van der Waals surface area contributed by atoms with E-state index in [0.29, 0.717) is 44.2 Å². The average molecular weight is 515 g/mol. The largest absolute Gasteiger partial charge is 0.438 e. The predicted octanol–water partition coefficient (Wildman–Crippen LogP) is 3.90. The second-order valence-corrected chi connectivity index (χ2v) is 10.2. The van der Waals surface area contributed by atoms with Gasteiger partial charge in [0.25, 0.3) is 0 Å². The number of hydrogen-bond donors (Lipinski definition) is 2. The Balaban J connectivity index is 1.84. The molecule has 3 aromatic rings. The Morgan fingerprint density at radius 3 is 2.75 bits per heavy atom. The summed E-state index contributed by atoms with van der Waals surface area (Å²) in [7, 11) is -4.03. The summed E-state index contributed by atoms with van der Waals surface area (Å²) in [6, 6.07) is 8.17. The molecule has 0 radical (unpaired) electrons. The summed E-state index contributed by atoms with van der Waals surface area (Å²) in [5.41, 5.74) is 0.639. The van der Waals surface area contributed by atoms with Gasteiger partial charge in [-0.3, -0.25) is 0 Å². The fourth-order valence-electron chi connectivity index (χ4n) is 4.22. The summed E-state index contributed by atoms with van der Waals surface area (Å²) in [6.07, 6.45) is 3.32. The number of nitrogens with two attached hydrogens (primary N) is 1. The van der Waals surface area contributed by atoms with E-state index in [0.717, 1.165) is 0 Å². The zero-order valence-electron chi connectivity index (χ0n) is 19.8. The van der Waals surface area contributed by atoms with E-state index in [-0.39, 0.29) is 47.3 Å². The maximum Gasteiger partial charge on any atom is 0.223 e. The number of oxazole rings is 1. The van der Waals surface area contributed by atoms with Crippen molar-refractivity contribution in [2.24, 2.45) is 5.14 Å². The zero-order valence-corrected chi connectivity index (χ0v) is 20.6. The van der Waals surface area contributed by atoms with Gasteiger partial charge in [-0.2, -0.15) is 5.26 Å². The number of nitriles is 1. The zero-order chi connectivity index (χ0) is 25.7. The van der Waals surface area contributed by atoms with Crippen molar-refractivity contribution in [2.75, 3.05) is 25.1 Å². The van der Waals surface area contributed by atoms with E-state index >= 15 is 4.39 Å². The molecule has 0 spiro atoms. The summed E-state index contributed by atoms with van der Waals surface area (Å²) in [4.78, 5) is 13.3. The third-order valence-electron chi connectivity index (χ3n) is 6.02. The molecular formula is C24H27FN6O4S. The van der Waals surface area contributed by atoms with Gasteiger partial charge in [-0.05, 0) is 31.4 Å². The molecule has 12 heteroatoms. The van der Waals surface area contributed by atoms with Gasteiger partial charge >= 0.3 is 0 Å². The minimum Gasteiger partial charge on any atom is -0.438 e. The Labute approximate surface area is 208 Å². The number of aromatic nitrogens is 3. The Morgan fingerprint density at radius 1 is 1.28 bits per heavy atom. The molecular weight excluding hydrogens is 487 g/mol. The van der Waals surface area contributed by atoms with Crippen LogP contribution in [0.25, 0.3) is 22.7 Å². The first kappa shape index (κ1) is 25.7. The van der Waals surface area contributed by atoms with Crippen LogP contribution in [0.5, 0.6) is 0 Å². The summed E-state index contributed by atoms with van der Waals surface area (Å²) < 4.78 is 51.7. The van der Waals surface area contributed by atoms with E-state index in [1.54, 1.807) is 19.1 Å². The normalized spacial score (nSPS) is 15.4. The fourth-order valence-corrected chi connectivity index (χ4v) is 5.22. The van der Waals surface area contributed by atoms with Crippen LogP contribution in [0, 0.1) is 17.1 Å². The molecule has 1 fully saturated rings. The van der Waals surface area contributed by atoms with E-state index < -0.39 is 21.1 Å². The maximum absolute atomic E-state index is 15.9. The van der Waals surface area contributed by atoms with Crippen molar-refractivity contribution in [3.8, 4) is 28.8 Å². The first-order valence-electron chi connectivity index (χ1n) is 11.7. The van der Waals surface area contributed by atoms with Crippen LogP contribution in [-0.4, -0.2) is 43.1 Å². The molecule has 3 heterocycles. The molecule has 0 amide bonds. The SMILES string of the molecule is CCC(c1cccc(-c2nc(C3CCOCC3)oc2-c2ccnc(NCCC#N)n2)c1F)S(N)(=O)=O. The van der Waals surface area contributed by atoms with Crippen LogP contribution in [0.15, 0.2) is 34.9 Å². The lowest BCUT2D eigenvalue weighted by molar-refractivity contribution is 0.0796. The number of hydrogen-bond acceptors (Lipinski definition) is 9. The number of sulfonamides is 1. The van der Waals surface area contributed by atoms with Crippen molar-refractivity contribution < 1.29 is 22.0 Å². The molecule has 1 aromatic carbocycles. The number of anilines is 1. The summed E-state index contributed by atoms with van der Waals surface area (Å²) in [5.74, 6) is 0.214. The molecule has 0 bridgehead atoms. The Kier molecular flexibility index (Phi) is 7.93. The molecule has 0 saturated carbocycles. The smallest absolute Gasteiger partial charge is 0.223 e. The highest BCUT2D eigenvalue weighted by Crippen LogP contribution is 2.39. The number of nitrogens with zero attached hydrogens (tertiary/aromatic N) is 4. The fraction of sp³-hybridized carbons (Fsp3) is 0.417. The predicted molar refractivity (Wildman–Crippen MR) is 131 cm³/mol. The molecule has 1 unspecified atom stereocenters. The quantitative estimate of drug-likeness (QED) is 0.404. The molecule has 0 aliphatic carbocycles. The number of ether oxygens (including phenoxy) is 1. The van der Waals surface area contributed by atoms with Crippen LogP contribution in [0.1, 0.15) is 55.2 Å². The van der Waals surface area contributed by atoms with Gasteiger partial charge in [-0.1, -0.05) is 19.1 Å². The highest BCUT2D eigenvalue weighted by atomic mass is 32.2. The molecule has 4 rings (SSSR count). The number of nitrogens with one attached hydrogen (secondary N) is 1. The van der Waals surface area contributed by atoms with E-state index in [2.05, 4.69) is 20.3 Å². The summed E-state index contributed by atoms with van der Waals surface area (Å²) >= 11 is 0. The highest BCUT2D eigenvalue weighted by molar-refractivity contribution is 7.89. The van der Waals surface area contributed by atoms with E-state index in [1.807, 2.05) is 6.07 Å². The van der Waals surface area contributed by atoms with Crippen LogP contribution in [-0.2, 0) is 14.8 Å². The molecule has 1 atom stereocenters. The molecule has 2 aromatic heterocycles. The van der Waals surface area contributed by atoms with Gasteiger partial charge in [0, 0.05) is 43.0 Å². The molecule has 1 saturated heterocycles. The van der Waals surface area contributed by atoms with Crippen LogP contribution in [0.4, 0.5) is 10.3 Å². The first-order chi connectivity index (χ1) is 17.3. The lowest BCUT2D eigenvalue weighted by Crippen LogP contribution is -2.22. The lowest BCUT2D eigenvalue weighted by Gasteiger charge is -2.18. The molecule has 1 aliphatic rings. The number of primary sulfonamides is 1. The van der Waals surface area contributed by atoms with Gasteiger partial charge in [0.15, 0.2) is 11.7 Å². The molecule has 3 N–H and O–H groups in total. The van der Waals surface area contributed by atoms with Crippen molar-refractivity contribution >= 4 is 16.0 Å². The Bertz CT molecular complexity index is 1370. The maximum atomic E-state index is 15.9. The van der Waals surface area contributed by atoms with E-state index in [9.17, 15) is 8.42 Å². The lowest BCUT2D eigenvalue weighted by atomic mass is 10.00. The molecule has 190 valence electrons. The first-order valence-corrected chi connectivity index (χ1v) is 13.3. The molecule has 36 heavy (non-hydrogen) atoms. The van der Waals surface area contributed by atoms with Crippen molar-refractivity contribution in [3.63, 3.8) is 0 Å². The second kappa shape index (κ2) is 11.1.